The van der Waals surface area contributed by atoms with Crippen LogP contribution in [0.5, 0.6) is 0 Å². The normalized spacial score (nSPS) is 12.1. The summed E-state index contributed by atoms with van der Waals surface area (Å²) in [5, 5.41) is 16.1. The third-order valence-electron chi connectivity index (χ3n) is 2.50. The molecule has 1 aromatic carbocycles. The molecular weight excluding hydrogens is 316 g/mol. The molecule has 0 aliphatic heterocycles. The molecule has 0 aliphatic carbocycles. The Balaban J connectivity index is 2.20. The van der Waals surface area contributed by atoms with Gasteiger partial charge in [0, 0.05) is 16.6 Å². The predicted molar refractivity (Wildman–Crippen MR) is 77.2 cm³/mol. The third kappa shape index (κ3) is 2.88. The number of hydrogen-bond acceptors (Lipinski definition) is 4. The molecule has 2 aromatic rings. The van der Waals surface area contributed by atoms with Crippen LogP contribution in [0.1, 0.15) is 17.8 Å². The molecule has 1 aromatic heterocycles. The highest BCUT2D eigenvalue weighted by Crippen LogP contribution is 2.30. The fraction of sp³-hybridized carbons (Fsp3) is 0.167. The van der Waals surface area contributed by atoms with Crippen LogP contribution in [0.4, 0.5) is 11.4 Å². The maximum absolute atomic E-state index is 10.8. The standard InChI is InChI=1S/C12H11BrN2O2S/c1-8(12-3-2-6-18-12)14-9-4-5-10(13)11(7-9)15(16)17/h2-8,14H,1H3. The zero-order valence-corrected chi connectivity index (χ0v) is 12.0. The van der Waals surface area contributed by atoms with E-state index in [0.717, 1.165) is 5.69 Å². The van der Waals surface area contributed by atoms with Gasteiger partial charge in [-0.15, -0.1) is 11.3 Å². The fourth-order valence-electron chi connectivity index (χ4n) is 1.60. The fourth-order valence-corrected chi connectivity index (χ4v) is 2.73. The van der Waals surface area contributed by atoms with E-state index in [0.29, 0.717) is 4.47 Å². The maximum atomic E-state index is 10.8. The van der Waals surface area contributed by atoms with Crippen molar-refractivity contribution >= 4 is 38.6 Å². The molecule has 0 saturated carbocycles. The third-order valence-corrected chi connectivity index (χ3v) is 4.22. The SMILES string of the molecule is CC(Nc1ccc(Br)c([N+](=O)[O-])c1)c1cccs1. The van der Waals surface area contributed by atoms with E-state index >= 15 is 0 Å². The molecule has 0 radical (unpaired) electrons. The van der Waals surface area contributed by atoms with Crippen molar-refractivity contribution in [1.29, 1.82) is 0 Å². The van der Waals surface area contributed by atoms with Gasteiger partial charge >= 0.3 is 0 Å². The second-order valence-electron chi connectivity index (χ2n) is 3.80. The summed E-state index contributed by atoms with van der Waals surface area (Å²) < 4.78 is 0.488. The molecule has 0 saturated heterocycles. The summed E-state index contributed by atoms with van der Waals surface area (Å²) >= 11 is 4.83. The lowest BCUT2D eigenvalue weighted by molar-refractivity contribution is -0.385. The Morgan fingerprint density at radius 2 is 2.22 bits per heavy atom. The Bertz CT molecular complexity index is 557. The van der Waals surface area contributed by atoms with Gasteiger partial charge < -0.3 is 5.32 Å². The minimum atomic E-state index is -0.398. The first-order valence-electron chi connectivity index (χ1n) is 5.32. The molecule has 18 heavy (non-hydrogen) atoms. The molecule has 1 N–H and O–H groups in total. The van der Waals surface area contributed by atoms with Crippen LogP contribution in [-0.2, 0) is 0 Å². The summed E-state index contributed by atoms with van der Waals surface area (Å²) in [4.78, 5) is 11.6. The first-order chi connectivity index (χ1) is 8.58. The summed E-state index contributed by atoms with van der Waals surface area (Å²) in [7, 11) is 0. The van der Waals surface area contributed by atoms with Crippen molar-refractivity contribution < 1.29 is 4.92 Å². The molecule has 1 heterocycles. The summed E-state index contributed by atoms with van der Waals surface area (Å²) in [5.41, 5.74) is 0.809. The number of rotatable bonds is 4. The summed E-state index contributed by atoms with van der Waals surface area (Å²) in [6.45, 7) is 2.03. The van der Waals surface area contributed by atoms with Crippen LogP contribution < -0.4 is 5.32 Å². The number of nitro groups is 1. The summed E-state index contributed by atoms with van der Waals surface area (Å²) in [5.74, 6) is 0. The Hall–Kier alpha value is -1.40. The van der Waals surface area contributed by atoms with E-state index in [1.54, 1.807) is 17.4 Å². The van der Waals surface area contributed by atoms with Gasteiger partial charge in [0.1, 0.15) is 0 Å². The highest BCUT2D eigenvalue weighted by Gasteiger charge is 2.13. The lowest BCUT2D eigenvalue weighted by Crippen LogP contribution is -2.05. The minimum Gasteiger partial charge on any atom is -0.378 e. The topological polar surface area (TPSA) is 55.2 Å². The number of nitrogens with zero attached hydrogens (tertiary/aromatic N) is 1. The van der Waals surface area contributed by atoms with Crippen molar-refractivity contribution in [3.8, 4) is 0 Å². The molecule has 0 bridgehead atoms. The monoisotopic (exact) mass is 326 g/mol. The van der Waals surface area contributed by atoms with E-state index < -0.39 is 4.92 Å². The number of halogens is 1. The van der Waals surface area contributed by atoms with Gasteiger partial charge in [0.05, 0.1) is 15.4 Å². The molecule has 2 rings (SSSR count). The van der Waals surface area contributed by atoms with Crippen molar-refractivity contribution in [2.24, 2.45) is 0 Å². The van der Waals surface area contributed by atoms with Gasteiger partial charge in [0.2, 0.25) is 0 Å². The molecule has 0 aliphatic rings. The quantitative estimate of drug-likeness (QED) is 0.660. The van der Waals surface area contributed by atoms with Gasteiger partial charge in [-0.3, -0.25) is 10.1 Å². The molecule has 1 unspecified atom stereocenters. The average molecular weight is 327 g/mol. The second kappa shape index (κ2) is 5.49. The van der Waals surface area contributed by atoms with Crippen LogP contribution in [0.3, 0.4) is 0 Å². The van der Waals surface area contributed by atoms with Crippen LogP contribution in [0.15, 0.2) is 40.2 Å². The number of hydrogen-bond donors (Lipinski definition) is 1. The van der Waals surface area contributed by atoms with Crippen molar-refractivity contribution in [1.82, 2.24) is 0 Å². The van der Waals surface area contributed by atoms with Gasteiger partial charge in [-0.05, 0) is 46.4 Å². The predicted octanol–water partition coefficient (Wildman–Crippen LogP) is 4.59. The largest absolute Gasteiger partial charge is 0.378 e. The smallest absolute Gasteiger partial charge is 0.285 e. The van der Waals surface area contributed by atoms with E-state index in [1.165, 1.54) is 10.9 Å². The molecule has 0 fully saturated rings. The highest BCUT2D eigenvalue weighted by atomic mass is 79.9. The zero-order valence-electron chi connectivity index (χ0n) is 9.59. The van der Waals surface area contributed by atoms with Crippen LogP contribution in [0.2, 0.25) is 0 Å². The van der Waals surface area contributed by atoms with Gasteiger partial charge in [-0.1, -0.05) is 6.07 Å². The Kier molecular flexibility index (Phi) is 3.98. The van der Waals surface area contributed by atoms with E-state index in [1.807, 2.05) is 30.5 Å². The van der Waals surface area contributed by atoms with Crippen molar-refractivity contribution in [2.45, 2.75) is 13.0 Å². The molecule has 1 atom stereocenters. The van der Waals surface area contributed by atoms with Crippen molar-refractivity contribution in [3.63, 3.8) is 0 Å². The zero-order chi connectivity index (χ0) is 13.1. The summed E-state index contributed by atoms with van der Waals surface area (Å²) in [6, 6.07) is 9.19. The lowest BCUT2D eigenvalue weighted by atomic mass is 10.2. The number of nitro benzene ring substituents is 1. The molecular formula is C12H11BrN2O2S. The second-order valence-corrected chi connectivity index (χ2v) is 5.64. The Morgan fingerprint density at radius 1 is 1.44 bits per heavy atom. The van der Waals surface area contributed by atoms with Crippen molar-refractivity contribution in [3.05, 3.63) is 55.2 Å². The average Bonchev–Trinajstić information content (AvgIpc) is 2.85. The lowest BCUT2D eigenvalue weighted by Gasteiger charge is -2.13. The van der Waals surface area contributed by atoms with Gasteiger partial charge in [-0.25, -0.2) is 0 Å². The molecule has 94 valence electrons. The first kappa shape index (κ1) is 13.0. The number of anilines is 1. The van der Waals surface area contributed by atoms with Gasteiger partial charge in [-0.2, -0.15) is 0 Å². The number of nitrogens with one attached hydrogen (secondary N) is 1. The van der Waals surface area contributed by atoms with E-state index in [4.69, 9.17) is 0 Å². The van der Waals surface area contributed by atoms with E-state index in [-0.39, 0.29) is 11.7 Å². The maximum Gasteiger partial charge on any atom is 0.285 e. The first-order valence-corrected chi connectivity index (χ1v) is 6.99. The van der Waals surface area contributed by atoms with Crippen LogP contribution in [0.25, 0.3) is 0 Å². The molecule has 0 amide bonds. The Labute approximate surface area is 117 Å². The van der Waals surface area contributed by atoms with Crippen molar-refractivity contribution in [2.75, 3.05) is 5.32 Å². The van der Waals surface area contributed by atoms with E-state index in [2.05, 4.69) is 21.2 Å². The van der Waals surface area contributed by atoms with E-state index in [9.17, 15) is 10.1 Å². The summed E-state index contributed by atoms with van der Waals surface area (Å²) in [6.07, 6.45) is 0. The highest BCUT2D eigenvalue weighted by molar-refractivity contribution is 9.10. The van der Waals surface area contributed by atoms with Crippen LogP contribution >= 0.6 is 27.3 Å². The molecule has 6 heteroatoms. The van der Waals surface area contributed by atoms with Crippen LogP contribution in [-0.4, -0.2) is 4.92 Å². The van der Waals surface area contributed by atoms with Gasteiger partial charge in [0.25, 0.3) is 5.69 Å². The molecule has 4 nitrogen and oxygen atoms in total. The molecule has 0 spiro atoms. The Morgan fingerprint density at radius 3 is 2.83 bits per heavy atom. The minimum absolute atomic E-state index is 0.0679. The van der Waals surface area contributed by atoms with Crippen LogP contribution in [0, 0.1) is 10.1 Å². The number of thiophene rings is 1. The number of benzene rings is 1. The van der Waals surface area contributed by atoms with Gasteiger partial charge in [0.15, 0.2) is 0 Å².